The lowest BCUT2D eigenvalue weighted by Crippen LogP contribution is -2.28. The number of halogens is 2. The van der Waals surface area contributed by atoms with Crippen LogP contribution in [0.1, 0.15) is 24.5 Å². The van der Waals surface area contributed by atoms with Crippen LogP contribution in [0.4, 0.5) is 9.18 Å². The summed E-state index contributed by atoms with van der Waals surface area (Å²) in [6.45, 7) is 2.60. The Hall–Kier alpha value is -2.57. The molecule has 1 aliphatic rings. The van der Waals surface area contributed by atoms with Crippen molar-refractivity contribution in [2.45, 2.75) is 19.9 Å². The van der Waals surface area contributed by atoms with Crippen LogP contribution in [0.5, 0.6) is 0 Å². The van der Waals surface area contributed by atoms with Gasteiger partial charge in [-0.25, -0.2) is 4.39 Å². The third-order valence-electron chi connectivity index (χ3n) is 4.82. The topological polar surface area (TPSA) is 42.3 Å². The molecule has 0 bridgehead atoms. The molecule has 0 aliphatic carbocycles. The maximum absolute atomic E-state index is 14.3. The molecule has 0 atom stereocenters. The normalized spacial score (nSPS) is 15.8. The fourth-order valence-corrected chi connectivity index (χ4v) is 4.51. The summed E-state index contributed by atoms with van der Waals surface area (Å²) in [6.07, 6.45) is 4.32. The molecular weight excluding hydrogens is 411 g/mol. The molecule has 0 saturated carbocycles. The van der Waals surface area contributed by atoms with Gasteiger partial charge in [0.05, 0.1) is 11.4 Å². The Kier molecular flexibility index (Phi) is 5.48. The lowest BCUT2D eigenvalue weighted by atomic mass is 10.1. The van der Waals surface area contributed by atoms with E-state index in [4.69, 9.17) is 11.6 Å². The molecule has 1 fully saturated rings. The summed E-state index contributed by atoms with van der Waals surface area (Å²) in [5.41, 5.74) is 2.10. The zero-order valence-electron chi connectivity index (χ0n) is 15.7. The minimum absolute atomic E-state index is 0.245. The highest BCUT2D eigenvalue weighted by atomic mass is 35.5. The number of fused-ring (bicyclic) bond motifs is 1. The molecule has 0 N–H and O–H groups in total. The van der Waals surface area contributed by atoms with Crippen molar-refractivity contribution in [1.82, 2.24) is 9.47 Å². The van der Waals surface area contributed by atoms with E-state index in [-0.39, 0.29) is 23.5 Å². The number of benzene rings is 2. The van der Waals surface area contributed by atoms with Crippen LogP contribution in [-0.2, 0) is 11.3 Å². The second kappa shape index (κ2) is 8.05. The van der Waals surface area contributed by atoms with Crippen LogP contribution in [0.15, 0.2) is 53.6 Å². The van der Waals surface area contributed by atoms with Gasteiger partial charge in [0.2, 0.25) is 0 Å². The van der Waals surface area contributed by atoms with E-state index in [1.54, 1.807) is 18.2 Å². The number of carbonyl (C=O) groups is 2. The van der Waals surface area contributed by atoms with Crippen LogP contribution in [0.25, 0.3) is 17.0 Å². The Labute approximate surface area is 176 Å². The smallest absolute Gasteiger partial charge is 0.293 e. The molecule has 1 saturated heterocycles. The Morgan fingerprint density at radius 3 is 2.69 bits per heavy atom. The summed E-state index contributed by atoms with van der Waals surface area (Å²) >= 11 is 7.15. The average molecular weight is 429 g/mol. The molecular formula is C22H18ClFN2O2S. The first kappa shape index (κ1) is 19.7. The fraction of sp³-hybridized carbons (Fsp3) is 0.182. The van der Waals surface area contributed by atoms with E-state index in [0.29, 0.717) is 28.5 Å². The molecule has 2 amide bonds. The molecule has 3 aromatic rings. The van der Waals surface area contributed by atoms with Crippen LogP contribution in [-0.4, -0.2) is 27.2 Å². The van der Waals surface area contributed by atoms with Gasteiger partial charge in [0, 0.05) is 39.8 Å². The SMILES string of the molecule is CCCN1C(=O)S/C(=C\c2cn(Cc3c(F)cccc3Cl)c3ccccc23)C1=O. The number of thioether (sulfide) groups is 1. The molecule has 0 spiro atoms. The number of imide groups is 1. The van der Waals surface area contributed by atoms with Crippen molar-refractivity contribution in [1.29, 1.82) is 0 Å². The van der Waals surface area contributed by atoms with Gasteiger partial charge in [-0.2, -0.15) is 0 Å². The number of hydrogen-bond donors (Lipinski definition) is 0. The first-order valence-electron chi connectivity index (χ1n) is 9.25. The molecule has 2 aromatic carbocycles. The van der Waals surface area contributed by atoms with Crippen LogP contribution in [0.2, 0.25) is 5.02 Å². The number of aromatic nitrogens is 1. The summed E-state index contributed by atoms with van der Waals surface area (Å²) in [5, 5.41) is 1.04. The average Bonchev–Trinajstić information content (AvgIpc) is 3.18. The van der Waals surface area contributed by atoms with Crippen molar-refractivity contribution in [2.24, 2.45) is 0 Å². The van der Waals surface area contributed by atoms with Gasteiger partial charge in [0.25, 0.3) is 11.1 Å². The Bertz CT molecular complexity index is 1130. The van der Waals surface area contributed by atoms with Crippen LogP contribution >= 0.6 is 23.4 Å². The number of carbonyl (C=O) groups excluding carboxylic acids is 2. The molecule has 0 radical (unpaired) electrons. The van der Waals surface area contributed by atoms with Crippen molar-refractivity contribution in [3.05, 3.63) is 75.5 Å². The van der Waals surface area contributed by atoms with E-state index in [9.17, 15) is 14.0 Å². The Balaban J connectivity index is 1.76. The predicted molar refractivity (Wildman–Crippen MR) is 115 cm³/mol. The molecule has 29 heavy (non-hydrogen) atoms. The molecule has 2 heterocycles. The van der Waals surface area contributed by atoms with Crippen LogP contribution < -0.4 is 0 Å². The quantitative estimate of drug-likeness (QED) is 0.473. The molecule has 4 rings (SSSR count). The van der Waals surface area contributed by atoms with E-state index < -0.39 is 0 Å². The van der Waals surface area contributed by atoms with E-state index in [1.807, 2.05) is 42.0 Å². The zero-order valence-corrected chi connectivity index (χ0v) is 17.3. The molecule has 1 aromatic heterocycles. The summed E-state index contributed by atoms with van der Waals surface area (Å²) in [7, 11) is 0. The molecule has 7 heteroatoms. The van der Waals surface area contributed by atoms with Gasteiger partial charge in [-0.1, -0.05) is 42.8 Å². The lowest BCUT2D eigenvalue weighted by molar-refractivity contribution is -0.122. The van der Waals surface area contributed by atoms with E-state index in [1.165, 1.54) is 11.0 Å². The number of amides is 2. The van der Waals surface area contributed by atoms with Crippen molar-refractivity contribution < 1.29 is 14.0 Å². The minimum atomic E-state index is -0.363. The molecule has 0 unspecified atom stereocenters. The molecule has 4 nitrogen and oxygen atoms in total. The first-order chi connectivity index (χ1) is 14.0. The highest BCUT2D eigenvalue weighted by molar-refractivity contribution is 8.18. The van der Waals surface area contributed by atoms with Gasteiger partial charge in [-0.05, 0) is 42.5 Å². The monoisotopic (exact) mass is 428 g/mol. The van der Waals surface area contributed by atoms with Crippen molar-refractivity contribution in [3.63, 3.8) is 0 Å². The van der Waals surface area contributed by atoms with Crippen molar-refractivity contribution in [3.8, 4) is 0 Å². The molecule has 148 valence electrons. The highest BCUT2D eigenvalue weighted by Gasteiger charge is 2.34. The van der Waals surface area contributed by atoms with E-state index in [0.717, 1.165) is 28.2 Å². The van der Waals surface area contributed by atoms with E-state index >= 15 is 0 Å². The second-order valence-corrected chi connectivity index (χ2v) is 8.16. The Morgan fingerprint density at radius 2 is 1.93 bits per heavy atom. The summed E-state index contributed by atoms with van der Waals surface area (Å²) in [4.78, 5) is 26.4. The van der Waals surface area contributed by atoms with Crippen molar-refractivity contribution >= 4 is 51.5 Å². The lowest BCUT2D eigenvalue weighted by Gasteiger charge is -2.09. The summed E-state index contributed by atoms with van der Waals surface area (Å²) in [5.74, 6) is -0.631. The number of para-hydroxylation sites is 1. The maximum Gasteiger partial charge on any atom is 0.293 e. The van der Waals surface area contributed by atoms with Gasteiger partial charge < -0.3 is 4.57 Å². The predicted octanol–water partition coefficient (Wildman–Crippen LogP) is 5.93. The highest BCUT2D eigenvalue weighted by Crippen LogP contribution is 2.34. The van der Waals surface area contributed by atoms with Gasteiger partial charge in [0.15, 0.2) is 0 Å². The second-order valence-electron chi connectivity index (χ2n) is 6.76. The third kappa shape index (κ3) is 3.70. The third-order valence-corrected chi connectivity index (χ3v) is 6.08. The fourth-order valence-electron chi connectivity index (χ4n) is 3.43. The first-order valence-corrected chi connectivity index (χ1v) is 10.4. The molecule has 1 aliphatic heterocycles. The Morgan fingerprint density at radius 1 is 1.14 bits per heavy atom. The van der Waals surface area contributed by atoms with Gasteiger partial charge in [-0.15, -0.1) is 0 Å². The van der Waals surface area contributed by atoms with Crippen LogP contribution in [0, 0.1) is 5.82 Å². The van der Waals surface area contributed by atoms with Crippen LogP contribution in [0.3, 0.4) is 0 Å². The van der Waals surface area contributed by atoms with Gasteiger partial charge in [0.1, 0.15) is 5.82 Å². The minimum Gasteiger partial charge on any atom is -0.342 e. The zero-order chi connectivity index (χ0) is 20.5. The van der Waals surface area contributed by atoms with Gasteiger partial charge in [-0.3, -0.25) is 14.5 Å². The summed E-state index contributed by atoms with van der Waals surface area (Å²) < 4.78 is 16.2. The van der Waals surface area contributed by atoms with Crippen molar-refractivity contribution in [2.75, 3.05) is 6.54 Å². The number of nitrogens with zero attached hydrogens (tertiary/aromatic N) is 2. The maximum atomic E-state index is 14.3. The summed E-state index contributed by atoms with van der Waals surface area (Å²) in [6, 6.07) is 12.3. The van der Waals surface area contributed by atoms with Gasteiger partial charge >= 0.3 is 0 Å². The number of hydrogen-bond acceptors (Lipinski definition) is 3. The standard InChI is InChI=1S/C22H18ClFN2O2S/c1-2-10-26-21(27)20(29-22(26)28)11-14-12-25(19-9-4-3-6-15(14)19)13-16-17(23)7-5-8-18(16)24/h3-9,11-12H,2,10,13H2,1H3/b20-11-. The largest absolute Gasteiger partial charge is 0.342 e. The number of rotatable bonds is 5. The van der Waals surface area contributed by atoms with E-state index in [2.05, 4.69) is 0 Å².